The van der Waals surface area contributed by atoms with Crippen molar-refractivity contribution in [2.75, 3.05) is 30.9 Å². The second-order valence-electron chi connectivity index (χ2n) is 7.16. The summed E-state index contributed by atoms with van der Waals surface area (Å²) in [7, 11) is -3.16. The number of anilines is 1. The fourth-order valence-corrected chi connectivity index (χ4v) is 5.73. The molecular formula is C19H22ClN3O2S2. The fourth-order valence-electron chi connectivity index (χ4n) is 3.78. The molecule has 27 heavy (non-hydrogen) atoms. The molecular weight excluding hydrogens is 402 g/mol. The van der Waals surface area contributed by atoms with E-state index in [0.29, 0.717) is 17.6 Å². The summed E-state index contributed by atoms with van der Waals surface area (Å²) in [4.78, 5) is 9.66. The number of halogens is 1. The Morgan fingerprint density at radius 3 is 2.78 bits per heavy atom. The zero-order valence-electron chi connectivity index (χ0n) is 15.1. The first-order chi connectivity index (χ1) is 12.9. The summed E-state index contributed by atoms with van der Waals surface area (Å²) >= 11 is 7.82. The summed E-state index contributed by atoms with van der Waals surface area (Å²) in [6.07, 6.45) is 5.30. The fraction of sp³-hybridized carbons (Fsp3) is 0.421. The van der Waals surface area contributed by atoms with E-state index >= 15 is 0 Å². The maximum Gasteiger partial charge on any atom is 0.175 e. The quantitative estimate of drug-likeness (QED) is 0.752. The third-order valence-corrected chi connectivity index (χ3v) is 7.59. The van der Waals surface area contributed by atoms with E-state index in [2.05, 4.69) is 14.8 Å². The minimum Gasteiger partial charge on any atom is -0.340 e. The van der Waals surface area contributed by atoms with Gasteiger partial charge in [-0.25, -0.2) is 8.42 Å². The number of aliphatic imine (C=N–C) groups is 1. The summed E-state index contributed by atoms with van der Waals surface area (Å²) in [5.74, 6) is 0. The molecule has 2 aromatic rings. The molecule has 0 unspecified atom stereocenters. The molecule has 2 aliphatic heterocycles. The highest BCUT2D eigenvalue weighted by Crippen LogP contribution is 2.38. The van der Waals surface area contributed by atoms with Crippen LogP contribution in [0, 0.1) is 0 Å². The smallest absolute Gasteiger partial charge is 0.175 e. The molecule has 1 aromatic carbocycles. The van der Waals surface area contributed by atoms with Crippen LogP contribution in [0.4, 0.5) is 5.00 Å². The van der Waals surface area contributed by atoms with Crippen molar-refractivity contribution in [1.29, 1.82) is 0 Å². The molecule has 2 aliphatic rings. The van der Waals surface area contributed by atoms with Gasteiger partial charge in [0, 0.05) is 43.7 Å². The molecule has 8 heteroatoms. The summed E-state index contributed by atoms with van der Waals surface area (Å²) in [5, 5.41) is 1.23. The lowest BCUT2D eigenvalue weighted by Gasteiger charge is -2.39. The molecule has 5 nitrogen and oxygen atoms in total. The van der Waals surface area contributed by atoms with Gasteiger partial charge < -0.3 is 4.90 Å². The van der Waals surface area contributed by atoms with E-state index in [0.717, 1.165) is 47.9 Å². The van der Waals surface area contributed by atoms with Crippen LogP contribution in [-0.2, 0) is 16.4 Å². The lowest BCUT2D eigenvalue weighted by molar-refractivity contribution is 0.201. The minimum absolute atomic E-state index is 0.392. The van der Waals surface area contributed by atoms with E-state index in [9.17, 15) is 8.42 Å². The molecule has 144 valence electrons. The van der Waals surface area contributed by atoms with Crippen LogP contribution >= 0.6 is 22.9 Å². The van der Waals surface area contributed by atoms with E-state index in [1.54, 1.807) is 23.5 Å². The Balaban J connectivity index is 1.39. The van der Waals surface area contributed by atoms with Crippen molar-refractivity contribution < 1.29 is 8.42 Å². The monoisotopic (exact) mass is 423 g/mol. The Kier molecular flexibility index (Phi) is 5.29. The van der Waals surface area contributed by atoms with Gasteiger partial charge in [-0.2, -0.15) is 0 Å². The molecule has 3 heterocycles. The zero-order valence-corrected chi connectivity index (χ0v) is 17.5. The summed E-state index contributed by atoms with van der Waals surface area (Å²) in [5.41, 5.74) is 2.17. The number of nitrogens with zero attached hydrogens (tertiary/aromatic N) is 3. The first-order valence-electron chi connectivity index (χ1n) is 8.97. The molecule has 0 saturated carbocycles. The van der Waals surface area contributed by atoms with Crippen LogP contribution in [0.5, 0.6) is 0 Å². The normalized spacial score (nSPS) is 18.7. The topological polar surface area (TPSA) is 53.0 Å². The van der Waals surface area contributed by atoms with Gasteiger partial charge in [-0.05, 0) is 36.6 Å². The number of benzene rings is 1. The summed E-state index contributed by atoms with van der Waals surface area (Å²) < 4.78 is 24.3. The van der Waals surface area contributed by atoms with E-state index in [4.69, 9.17) is 11.6 Å². The second-order valence-corrected chi connectivity index (χ2v) is 10.8. The highest BCUT2D eigenvalue weighted by Gasteiger charge is 2.28. The molecule has 0 aliphatic carbocycles. The number of rotatable bonds is 4. The van der Waals surface area contributed by atoms with Crippen molar-refractivity contribution in [3.05, 3.63) is 45.8 Å². The Hall–Kier alpha value is -1.41. The van der Waals surface area contributed by atoms with Crippen molar-refractivity contribution in [2.45, 2.75) is 30.3 Å². The molecule has 0 radical (unpaired) electrons. The van der Waals surface area contributed by atoms with Gasteiger partial charge in [-0.1, -0.05) is 23.7 Å². The highest BCUT2D eigenvalue weighted by atomic mass is 35.5. The maximum absolute atomic E-state index is 11.8. The van der Waals surface area contributed by atoms with Crippen LogP contribution in [0.1, 0.15) is 24.0 Å². The third-order valence-electron chi connectivity index (χ3n) is 5.17. The zero-order chi connectivity index (χ0) is 19.0. The van der Waals surface area contributed by atoms with Gasteiger partial charge in [-0.15, -0.1) is 11.3 Å². The predicted molar refractivity (Wildman–Crippen MR) is 112 cm³/mol. The molecule has 0 N–H and O–H groups in total. The van der Waals surface area contributed by atoms with Gasteiger partial charge in [0.2, 0.25) is 0 Å². The van der Waals surface area contributed by atoms with E-state index in [1.165, 1.54) is 11.3 Å². The Bertz CT molecular complexity index is 963. The van der Waals surface area contributed by atoms with Crippen molar-refractivity contribution in [1.82, 2.24) is 4.90 Å². The van der Waals surface area contributed by atoms with E-state index < -0.39 is 9.84 Å². The molecule has 1 saturated heterocycles. The maximum atomic E-state index is 11.8. The van der Waals surface area contributed by atoms with Crippen LogP contribution in [0.3, 0.4) is 0 Å². The molecule has 1 fully saturated rings. The molecule has 0 amide bonds. The molecule has 1 aromatic heterocycles. The number of likely N-dealkylation sites (tertiary alicyclic amines) is 1. The van der Waals surface area contributed by atoms with Crippen molar-refractivity contribution >= 4 is 44.0 Å². The number of piperidine rings is 1. The summed E-state index contributed by atoms with van der Waals surface area (Å²) in [6, 6.07) is 9.73. The Labute approximate surface area is 169 Å². The van der Waals surface area contributed by atoms with Gasteiger partial charge >= 0.3 is 0 Å². The van der Waals surface area contributed by atoms with E-state index in [1.807, 2.05) is 24.4 Å². The van der Waals surface area contributed by atoms with Crippen LogP contribution in [0.25, 0.3) is 0 Å². The number of hydrogen-bond donors (Lipinski definition) is 0. The van der Waals surface area contributed by atoms with Crippen LogP contribution < -0.4 is 4.90 Å². The first kappa shape index (κ1) is 18.9. The lowest BCUT2D eigenvalue weighted by Crippen LogP contribution is -2.45. The number of fused-ring (bicyclic) bond motifs is 1. The van der Waals surface area contributed by atoms with Crippen LogP contribution in [0.2, 0.25) is 4.34 Å². The van der Waals surface area contributed by atoms with Crippen molar-refractivity contribution in [3.63, 3.8) is 0 Å². The van der Waals surface area contributed by atoms with Crippen LogP contribution in [0.15, 0.2) is 40.2 Å². The van der Waals surface area contributed by atoms with Gasteiger partial charge in [-0.3, -0.25) is 9.89 Å². The van der Waals surface area contributed by atoms with Gasteiger partial charge in [0.05, 0.1) is 9.23 Å². The van der Waals surface area contributed by atoms with Crippen molar-refractivity contribution in [2.24, 2.45) is 4.99 Å². The Morgan fingerprint density at radius 2 is 2.04 bits per heavy atom. The minimum atomic E-state index is -3.16. The van der Waals surface area contributed by atoms with Gasteiger partial charge in [0.1, 0.15) is 11.7 Å². The SMILES string of the molecule is CS(=O)(=O)c1cccc(CN2CCC(N3CN=Cc4cc(Cl)sc43)CC2)c1. The summed E-state index contributed by atoms with van der Waals surface area (Å²) in [6.45, 7) is 3.46. The van der Waals surface area contributed by atoms with Gasteiger partial charge in [0.15, 0.2) is 9.84 Å². The second kappa shape index (κ2) is 7.54. The molecule has 0 spiro atoms. The predicted octanol–water partition coefficient (Wildman–Crippen LogP) is 3.67. The van der Waals surface area contributed by atoms with Crippen LogP contribution in [-0.4, -0.2) is 51.6 Å². The Morgan fingerprint density at radius 1 is 1.26 bits per heavy atom. The molecule has 0 atom stereocenters. The molecule has 4 rings (SSSR count). The number of thiophene rings is 1. The van der Waals surface area contributed by atoms with Gasteiger partial charge in [0.25, 0.3) is 0 Å². The first-order valence-corrected chi connectivity index (χ1v) is 12.1. The highest BCUT2D eigenvalue weighted by molar-refractivity contribution is 7.90. The number of sulfone groups is 1. The average molecular weight is 424 g/mol. The lowest BCUT2D eigenvalue weighted by atomic mass is 10.0. The average Bonchev–Trinajstić information content (AvgIpc) is 3.02. The largest absolute Gasteiger partial charge is 0.340 e. The van der Waals surface area contributed by atoms with E-state index in [-0.39, 0.29) is 0 Å². The standard InChI is InChI=1S/C19H22ClN3O2S2/c1-27(24,25)17-4-2-3-14(9-17)12-22-7-5-16(6-8-22)23-13-21-11-15-10-18(20)26-19(15)23/h2-4,9-11,16H,5-8,12-13H2,1H3. The third kappa shape index (κ3) is 4.21. The van der Waals surface area contributed by atoms with Crippen molar-refractivity contribution in [3.8, 4) is 0 Å². The molecule has 0 bridgehead atoms. The number of hydrogen-bond acceptors (Lipinski definition) is 6.